The molecule has 3 aromatic rings. The number of amides is 1. The van der Waals surface area contributed by atoms with Crippen LogP contribution in [-0.2, 0) is 11.3 Å². The van der Waals surface area contributed by atoms with Crippen molar-refractivity contribution in [3.8, 4) is 11.5 Å². The number of carbonyl (C=O) groups excluding carboxylic acids is 1. The van der Waals surface area contributed by atoms with E-state index in [9.17, 15) is 4.79 Å². The molecule has 3 rings (SSSR count). The van der Waals surface area contributed by atoms with E-state index in [1.54, 1.807) is 29.2 Å². The lowest BCUT2D eigenvalue weighted by molar-refractivity contribution is -0.114. The molecule has 0 aliphatic heterocycles. The maximum atomic E-state index is 12.3. The van der Waals surface area contributed by atoms with Crippen LogP contribution in [0.15, 0.2) is 91.5 Å². The van der Waals surface area contributed by atoms with Crippen LogP contribution in [0, 0.1) is 0 Å². The first-order chi connectivity index (χ1) is 12.7. The van der Waals surface area contributed by atoms with E-state index < -0.39 is 0 Å². The molecule has 0 fully saturated rings. The van der Waals surface area contributed by atoms with Crippen LogP contribution in [0.3, 0.4) is 0 Å². The molecule has 3 nitrogen and oxygen atoms in total. The Morgan fingerprint density at radius 1 is 0.923 bits per heavy atom. The molecule has 0 unspecified atom stereocenters. The van der Waals surface area contributed by atoms with Crippen molar-refractivity contribution in [3.63, 3.8) is 0 Å². The molecule has 0 radical (unpaired) electrons. The molecule has 0 saturated carbocycles. The van der Waals surface area contributed by atoms with Gasteiger partial charge in [0, 0.05) is 10.7 Å². The zero-order valence-corrected chi connectivity index (χ0v) is 14.9. The zero-order valence-electron chi connectivity index (χ0n) is 14.1. The van der Waals surface area contributed by atoms with Crippen molar-refractivity contribution >= 4 is 23.2 Å². The number of carbonyl (C=O) groups is 1. The first kappa shape index (κ1) is 17.8. The molecule has 0 atom stereocenters. The quantitative estimate of drug-likeness (QED) is 0.514. The second-order valence-corrected chi connectivity index (χ2v) is 6.10. The predicted octanol–water partition coefficient (Wildman–Crippen LogP) is 5.85. The van der Waals surface area contributed by atoms with Crippen LogP contribution in [0.5, 0.6) is 11.5 Å². The van der Waals surface area contributed by atoms with E-state index in [1.165, 1.54) is 6.08 Å². The molecule has 130 valence electrons. The number of hydrogen-bond acceptors (Lipinski definition) is 2. The molecule has 0 saturated heterocycles. The van der Waals surface area contributed by atoms with Crippen molar-refractivity contribution in [2.24, 2.45) is 0 Å². The van der Waals surface area contributed by atoms with E-state index in [1.807, 2.05) is 54.6 Å². The highest BCUT2D eigenvalue weighted by molar-refractivity contribution is 6.30. The monoisotopic (exact) mass is 363 g/mol. The summed E-state index contributed by atoms with van der Waals surface area (Å²) in [5.74, 6) is 1.23. The summed E-state index contributed by atoms with van der Waals surface area (Å²) in [6, 6.07) is 24.4. The van der Waals surface area contributed by atoms with Gasteiger partial charge in [-0.15, -0.1) is 0 Å². The molecule has 26 heavy (non-hydrogen) atoms. The molecule has 0 aliphatic rings. The molecule has 0 aromatic heterocycles. The van der Waals surface area contributed by atoms with Gasteiger partial charge < -0.3 is 9.64 Å². The van der Waals surface area contributed by atoms with Crippen LogP contribution in [-0.4, -0.2) is 5.91 Å². The van der Waals surface area contributed by atoms with Gasteiger partial charge in [0.15, 0.2) is 0 Å². The van der Waals surface area contributed by atoms with Gasteiger partial charge in [0.2, 0.25) is 0 Å². The van der Waals surface area contributed by atoms with Crippen molar-refractivity contribution < 1.29 is 9.53 Å². The number of hydrogen-bond donors (Lipinski definition) is 0. The summed E-state index contributed by atoms with van der Waals surface area (Å²) in [6.45, 7) is 4.08. The molecule has 0 N–H and O–H groups in total. The zero-order chi connectivity index (χ0) is 18.4. The van der Waals surface area contributed by atoms with E-state index in [0.29, 0.717) is 23.1 Å². The SMILES string of the molecule is C=CC(=O)N(Cc1ccccc1)c1ccc(Oc2ccc(Cl)cc2)cc1. The average Bonchev–Trinajstić information content (AvgIpc) is 2.69. The Balaban J connectivity index is 1.78. The van der Waals surface area contributed by atoms with Gasteiger partial charge in [0.05, 0.1) is 6.54 Å². The molecular formula is C22H18ClNO2. The van der Waals surface area contributed by atoms with Gasteiger partial charge in [-0.05, 0) is 60.2 Å². The first-order valence-corrected chi connectivity index (χ1v) is 8.55. The third kappa shape index (κ3) is 4.52. The molecule has 0 heterocycles. The summed E-state index contributed by atoms with van der Waals surface area (Å²) in [6.07, 6.45) is 1.32. The summed E-state index contributed by atoms with van der Waals surface area (Å²) in [4.78, 5) is 14.0. The fourth-order valence-electron chi connectivity index (χ4n) is 2.51. The van der Waals surface area contributed by atoms with E-state index in [4.69, 9.17) is 16.3 Å². The largest absolute Gasteiger partial charge is 0.457 e. The van der Waals surface area contributed by atoms with E-state index in [-0.39, 0.29) is 5.91 Å². The Hall–Kier alpha value is -3.04. The van der Waals surface area contributed by atoms with Crippen LogP contribution in [0.4, 0.5) is 5.69 Å². The number of anilines is 1. The second-order valence-electron chi connectivity index (χ2n) is 5.66. The van der Waals surface area contributed by atoms with Crippen molar-refractivity contribution in [2.45, 2.75) is 6.54 Å². The summed E-state index contributed by atoms with van der Waals surface area (Å²) < 4.78 is 5.79. The molecule has 3 aromatic carbocycles. The van der Waals surface area contributed by atoms with Gasteiger partial charge in [-0.3, -0.25) is 4.79 Å². The Morgan fingerprint density at radius 2 is 1.50 bits per heavy atom. The minimum absolute atomic E-state index is 0.153. The topological polar surface area (TPSA) is 29.5 Å². The van der Waals surface area contributed by atoms with Crippen LogP contribution in [0.2, 0.25) is 5.02 Å². The lowest BCUT2D eigenvalue weighted by atomic mass is 10.2. The van der Waals surface area contributed by atoms with E-state index in [2.05, 4.69) is 6.58 Å². The van der Waals surface area contributed by atoms with E-state index >= 15 is 0 Å². The van der Waals surface area contributed by atoms with Crippen molar-refractivity contribution in [2.75, 3.05) is 4.90 Å². The Bertz CT molecular complexity index is 874. The molecule has 0 spiro atoms. The summed E-state index contributed by atoms with van der Waals surface area (Å²) in [7, 11) is 0. The highest BCUT2D eigenvalue weighted by Gasteiger charge is 2.13. The van der Waals surface area contributed by atoms with Crippen LogP contribution in [0.25, 0.3) is 0 Å². The fraction of sp³-hybridized carbons (Fsp3) is 0.0455. The number of halogens is 1. The summed E-state index contributed by atoms with van der Waals surface area (Å²) >= 11 is 5.88. The third-order valence-electron chi connectivity index (χ3n) is 3.82. The van der Waals surface area contributed by atoms with Gasteiger partial charge in [-0.2, -0.15) is 0 Å². The van der Waals surface area contributed by atoms with Crippen LogP contribution >= 0.6 is 11.6 Å². The van der Waals surface area contributed by atoms with Gasteiger partial charge in [0.25, 0.3) is 5.91 Å². The Kier molecular flexibility index (Phi) is 5.72. The standard InChI is InChI=1S/C22H18ClNO2/c1-2-22(25)24(16-17-6-4-3-5-7-17)19-10-14-21(15-11-19)26-20-12-8-18(23)9-13-20/h2-15H,1,16H2. The Morgan fingerprint density at radius 3 is 2.08 bits per heavy atom. The van der Waals surface area contributed by atoms with Crippen molar-refractivity contribution in [1.29, 1.82) is 0 Å². The smallest absolute Gasteiger partial charge is 0.250 e. The lowest BCUT2D eigenvalue weighted by Crippen LogP contribution is -2.28. The third-order valence-corrected chi connectivity index (χ3v) is 4.07. The maximum absolute atomic E-state index is 12.3. The van der Waals surface area contributed by atoms with Gasteiger partial charge in [-0.25, -0.2) is 0 Å². The normalized spacial score (nSPS) is 10.2. The number of ether oxygens (including phenoxy) is 1. The number of benzene rings is 3. The maximum Gasteiger partial charge on any atom is 0.250 e. The summed E-state index contributed by atoms with van der Waals surface area (Å²) in [5, 5.41) is 0.659. The van der Waals surface area contributed by atoms with Crippen molar-refractivity contribution in [1.82, 2.24) is 0 Å². The molecule has 0 aliphatic carbocycles. The highest BCUT2D eigenvalue weighted by atomic mass is 35.5. The van der Waals surface area contributed by atoms with Gasteiger partial charge in [-0.1, -0.05) is 48.5 Å². The fourth-order valence-corrected chi connectivity index (χ4v) is 2.63. The van der Waals surface area contributed by atoms with E-state index in [0.717, 1.165) is 11.3 Å². The summed E-state index contributed by atoms with van der Waals surface area (Å²) in [5.41, 5.74) is 1.83. The van der Waals surface area contributed by atoms with Gasteiger partial charge in [0.1, 0.15) is 11.5 Å². The number of rotatable bonds is 6. The molecule has 1 amide bonds. The van der Waals surface area contributed by atoms with Crippen molar-refractivity contribution in [3.05, 3.63) is 102 Å². The van der Waals surface area contributed by atoms with Crippen LogP contribution < -0.4 is 9.64 Å². The Labute approximate surface area is 158 Å². The predicted molar refractivity (Wildman–Crippen MR) is 106 cm³/mol. The average molecular weight is 364 g/mol. The molecule has 0 bridgehead atoms. The number of nitrogens with zero attached hydrogens (tertiary/aromatic N) is 1. The first-order valence-electron chi connectivity index (χ1n) is 8.17. The minimum Gasteiger partial charge on any atom is -0.457 e. The second kappa shape index (κ2) is 8.37. The van der Waals surface area contributed by atoms with Crippen LogP contribution in [0.1, 0.15) is 5.56 Å². The van der Waals surface area contributed by atoms with Gasteiger partial charge >= 0.3 is 0 Å². The lowest BCUT2D eigenvalue weighted by Gasteiger charge is -2.22. The minimum atomic E-state index is -0.153. The highest BCUT2D eigenvalue weighted by Crippen LogP contribution is 2.26. The molecule has 4 heteroatoms. The molecular weight excluding hydrogens is 346 g/mol.